The fourth-order valence-electron chi connectivity index (χ4n) is 1.96. The van der Waals surface area contributed by atoms with Gasteiger partial charge in [0.1, 0.15) is 0 Å². The lowest BCUT2D eigenvalue weighted by Gasteiger charge is -2.18. The molecule has 0 aliphatic rings. The van der Waals surface area contributed by atoms with Gasteiger partial charge < -0.3 is 5.11 Å². The number of rotatable bonds is 6. The first kappa shape index (κ1) is 15.7. The molecular weight excluding hydrogens is 266 g/mol. The van der Waals surface area contributed by atoms with Crippen molar-refractivity contribution in [3.63, 3.8) is 0 Å². The minimum Gasteiger partial charge on any atom is -0.481 e. The van der Waals surface area contributed by atoms with Crippen LogP contribution >= 0.6 is 0 Å². The van der Waals surface area contributed by atoms with Gasteiger partial charge >= 0.3 is 5.97 Å². The number of carboxylic acid groups (broad SMARTS) is 1. The van der Waals surface area contributed by atoms with Crippen molar-refractivity contribution in [1.29, 1.82) is 0 Å². The Morgan fingerprint density at radius 3 is 2.37 bits per heavy atom. The summed E-state index contributed by atoms with van der Waals surface area (Å²) in [5, 5.41) is 9.32. The predicted octanol–water partition coefficient (Wildman–Crippen LogP) is 1.81. The zero-order chi connectivity index (χ0) is 14.6. The van der Waals surface area contributed by atoms with Crippen molar-refractivity contribution in [1.82, 2.24) is 4.72 Å². The molecule has 0 saturated heterocycles. The second-order valence-corrected chi connectivity index (χ2v) is 6.62. The standard InChI is InChI=1S/C13H19NO4S/c1-9(2)8-11(13(15)16)10-6-4-5-7-12(10)19(17,18)14-3/h4-7,9,11,14H,8H2,1-3H3,(H,15,16). The second kappa shape index (κ2) is 6.16. The van der Waals surface area contributed by atoms with Crippen molar-refractivity contribution in [2.45, 2.75) is 31.1 Å². The van der Waals surface area contributed by atoms with Crippen LogP contribution < -0.4 is 4.72 Å². The van der Waals surface area contributed by atoms with Crippen LogP contribution in [0, 0.1) is 5.92 Å². The molecular formula is C13H19NO4S. The first-order valence-corrected chi connectivity index (χ1v) is 7.53. The topological polar surface area (TPSA) is 83.5 Å². The summed E-state index contributed by atoms with van der Waals surface area (Å²) in [6.07, 6.45) is 0.394. The molecule has 0 spiro atoms. The van der Waals surface area contributed by atoms with Crippen LogP contribution in [0.25, 0.3) is 0 Å². The van der Waals surface area contributed by atoms with Crippen molar-refractivity contribution < 1.29 is 18.3 Å². The Bertz CT molecular complexity index is 552. The highest BCUT2D eigenvalue weighted by Gasteiger charge is 2.27. The van der Waals surface area contributed by atoms with Gasteiger partial charge in [-0.2, -0.15) is 0 Å². The van der Waals surface area contributed by atoms with Gasteiger partial charge in [-0.25, -0.2) is 13.1 Å². The van der Waals surface area contributed by atoms with E-state index >= 15 is 0 Å². The maximum Gasteiger partial charge on any atom is 0.311 e. The molecule has 0 radical (unpaired) electrons. The number of hydrogen-bond acceptors (Lipinski definition) is 3. The average Bonchev–Trinajstić information content (AvgIpc) is 2.35. The lowest BCUT2D eigenvalue weighted by molar-refractivity contribution is -0.139. The summed E-state index contributed by atoms with van der Waals surface area (Å²) in [5.41, 5.74) is 0.332. The number of carbonyl (C=O) groups is 1. The van der Waals surface area contributed by atoms with E-state index in [1.54, 1.807) is 18.2 Å². The molecule has 0 amide bonds. The number of carboxylic acids is 1. The molecule has 1 rings (SSSR count). The van der Waals surface area contributed by atoms with Gasteiger partial charge in [0.15, 0.2) is 0 Å². The van der Waals surface area contributed by atoms with E-state index in [9.17, 15) is 18.3 Å². The Hall–Kier alpha value is -1.40. The highest BCUT2D eigenvalue weighted by atomic mass is 32.2. The molecule has 106 valence electrons. The molecule has 0 aromatic heterocycles. The number of benzene rings is 1. The minimum absolute atomic E-state index is 0.0329. The summed E-state index contributed by atoms with van der Waals surface area (Å²) >= 11 is 0. The van der Waals surface area contributed by atoms with Crippen molar-refractivity contribution in [2.75, 3.05) is 7.05 Å². The Balaban J connectivity index is 3.36. The lowest BCUT2D eigenvalue weighted by atomic mass is 9.90. The van der Waals surface area contributed by atoms with E-state index < -0.39 is 21.9 Å². The van der Waals surface area contributed by atoms with Gasteiger partial charge in [-0.15, -0.1) is 0 Å². The molecule has 1 unspecified atom stereocenters. The van der Waals surface area contributed by atoms with Crippen molar-refractivity contribution in [3.8, 4) is 0 Å². The summed E-state index contributed by atoms with van der Waals surface area (Å²) in [6.45, 7) is 3.82. The van der Waals surface area contributed by atoms with E-state index in [4.69, 9.17) is 0 Å². The predicted molar refractivity (Wildman–Crippen MR) is 72.5 cm³/mol. The van der Waals surface area contributed by atoms with Crippen LogP contribution in [0.5, 0.6) is 0 Å². The normalized spacial score (nSPS) is 13.5. The Morgan fingerprint density at radius 1 is 1.32 bits per heavy atom. The highest BCUT2D eigenvalue weighted by molar-refractivity contribution is 7.89. The quantitative estimate of drug-likeness (QED) is 0.835. The summed E-state index contributed by atoms with van der Waals surface area (Å²) < 4.78 is 26.1. The largest absolute Gasteiger partial charge is 0.481 e. The van der Waals surface area contributed by atoms with Gasteiger partial charge in [-0.05, 0) is 31.0 Å². The van der Waals surface area contributed by atoms with Gasteiger partial charge in [0.25, 0.3) is 0 Å². The third-order valence-corrected chi connectivity index (χ3v) is 4.35. The fraction of sp³-hybridized carbons (Fsp3) is 0.462. The smallest absolute Gasteiger partial charge is 0.311 e. The first-order chi connectivity index (χ1) is 8.79. The third-order valence-electron chi connectivity index (χ3n) is 2.86. The summed E-state index contributed by atoms with van der Waals surface area (Å²) in [5.74, 6) is -1.67. The summed E-state index contributed by atoms with van der Waals surface area (Å²) in [4.78, 5) is 11.4. The SMILES string of the molecule is CNS(=O)(=O)c1ccccc1C(CC(C)C)C(=O)O. The molecule has 1 aromatic carbocycles. The molecule has 0 heterocycles. The number of aliphatic carboxylic acids is 1. The maximum absolute atomic E-state index is 11.9. The van der Waals surface area contributed by atoms with E-state index in [-0.39, 0.29) is 10.8 Å². The van der Waals surface area contributed by atoms with Gasteiger partial charge in [0, 0.05) is 0 Å². The fourth-order valence-corrected chi connectivity index (χ4v) is 2.95. The zero-order valence-electron chi connectivity index (χ0n) is 11.3. The first-order valence-electron chi connectivity index (χ1n) is 6.05. The monoisotopic (exact) mass is 285 g/mol. The second-order valence-electron chi connectivity index (χ2n) is 4.77. The Labute approximate surface area is 113 Å². The molecule has 0 aliphatic carbocycles. The average molecular weight is 285 g/mol. The molecule has 19 heavy (non-hydrogen) atoms. The highest BCUT2D eigenvalue weighted by Crippen LogP contribution is 2.29. The molecule has 5 nitrogen and oxygen atoms in total. The lowest BCUT2D eigenvalue weighted by Crippen LogP contribution is -2.23. The number of hydrogen-bond donors (Lipinski definition) is 2. The molecule has 1 aromatic rings. The number of sulfonamides is 1. The zero-order valence-corrected chi connectivity index (χ0v) is 12.1. The summed E-state index contributed by atoms with van der Waals surface area (Å²) in [7, 11) is -2.35. The van der Waals surface area contributed by atoms with Gasteiger partial charge in [-0.1, -0.05) is 32.0 Å². The minimum atomic E-state index is -3.66. The van der Waals surface area contributed by atoms with Crippen LogP contribution in [0.1, 0.15) is 31.7 Å². The van der Waals surface area contributed by atoms with Crippen LogP contribution in [0.15, 0.2) is 29.2 Å². The molecule has 0 saturated carbocycles. The van der Waals surface area contributed by atoms with E-state index in [0.29, 0.717) is 12.0 Å². The maximum atomic E-state index is 11.9. The van der Waals surface area contributed by atoms with Crippen molar-refractivity contribution in [2.24, 2.45) is 5.92 Å². The molecule has 0 bridgehead atoms. The summed E-state index contributed by atoms with van der Waals surface area (Å²) in [6, 6.07) is 6.23. The van der Waals surface area contributed by atoms with Crippen molar-refractivity contribution >= 4 is 16.0 Å². The van der Waals surface area contributed by atoms with Crippen LogP contribution in [-0.4, -0.2) is 26.5 Å². The van der Waals surface area contributed by atoms with E-state index in [1.807, 2.05) is 13.8 Å². The Morgan fingerprint density at radius 2 is 1.89 bits per heavy atom. The molecule has 2 N–H and O–H groups in total. The van der Waals surface area contributed by atoms with Gasteiger partial charge in [0.2, 0.25) is 10.0 Å². The Kier molecular flexibility index (Phi) is 5.08. The molecule has 6 heteroatoms. The van der Waals surface area contributed by atoms with Crippen LogP contribution in [0.2, 0.25) is 0 Å². The van der Waals surface area contributed by atoms with E-state index in [1.165, 1.54) is 13.1 Å². The third kappa shape index (κ3) is 3.78. The van der Waals surface area contributed by atoms with E-state index in [0.717, 1.165) is 0 Å². The van der Waals surface area contributed by atoms with Crippen molar-refractivity contribution in [3.05, 3.63) is 29.8 Å². The van der Waals surface area contributed by atoms with Crippen LogP contribution in [0.3, 0.4) is 0 Å². The molecule has 0 fully saturated rings. The van der Waals surface area contributed by atoms with Gasteiger partial charge in [-0.3, -0.25) is 4.79 Å². The number of nitrogens with one attached hydrogen (secondary N) is 1. The van der Waals surface area contributed by atoms with E-state index in [2.05, 4.69) is 4.72 Å². The van der Waals surface area contributed by atoms with Crippen LogP contribution in [0.4, 0.5) is 0 Å². The van der Waals surface area contributed by atoms with Crippen LogP contribution in [-0.2, 0) is 14.8 Å². The molecule has 0 aliphatic heterocycles. The molecule has 1 atom stereocenters. The van der Waals surface area contributed by atoms with Gasteiger partial charge in [0.05, 0.1) is 10.8 Å².